The molecule has 2 aliphatic heterocycles. The van der Waals surface area contributed by atoms with E-state index >= 15 is 0 Å². The quantitative estimate of drug-likeness (QED) is 0.104. The SMILES string of the molecule is O=C1O[C@H]([C@@H](O)CO)C(O)=C1[O-].O=C1O[C@H]([C@@H](O)CO)C(O)=C1[O-].O=P(O)(O)O.[Mg+2]. The zero-order valence-corrected chi connectivity index (χ0v) is 17.1. The van der Waals surface area contributed by atoms with E-state index in [-0.39, 0.29) is 23.1 Å². The maximum atomic E-state index is 10.6. The van der Waals surface area contributed by atoms with Crippen molar-refractivity contribution in [3.63, 3.8) is 0 Å². The standard InChI is InChI=1S/2C6H8O6.Mg.H3O4P/c2*7-1-2(8)5-3(9)4(10)6(11)12-5;;1-5(2,3)4/h2*2,5,7-10H,1H2;;(H3,1,2,3,4)/q;;+2;/p-2/t2*2-,5+;;/m00../s1. The number of carbonyl (C=O) groups is 2. The average Bonchev–Trinajstić information content (AvgIpc) is 3.04. The Morgan fingerprint density at radius 2 is 1.07 bits per heavy atom. The summed E-state index contributed by atoms with van der Waals surface area (Å²) in [5, 5.41) is 73.5. The summed E-state index contributed by atoms with van der Waals surface area (Å²) in [6, 6.07) is 0. The predicted octanol–water partition coefficient (Wildman–Crippen LogP) is -6.52. The van der Waals surface area contributed by atoms with E-state index in [0.717, 1.165) is 0 Å². The number of hydrogen-bond acceptors (Lipinski definition) is 13. The number of cyclic esters (lactones) is 2. The Morgan fingerprint density at radius 3 is 1.20 bits per heavy atom. The van der Waals surface area contributed by atoms with Gasteiger partial charge in [0.15, 0.2) is 12.2 Å². The first-order valence-electron chi connectivity index (χ1n) is 7.14. The summed E-state index contributed by atoms with van der Waals surface area (Å²) in [4.78, 5) is 42.5. The molecule has 2 rings (SSSR count). The molecule has 0 fully saturated rings. The molecule has 0 saturated carbocycles. The molecule has 0 aliphatic carbocycles. The molecule has 0 spiro atoms. The number of phosphoric acid groups is 1. The van der Waals surface area contributed by atoms with Crippen molar-refractivity contribution >= 4 is 42.8 Å². The number of aliphatic hydroxyl groups excluding tert-OH is 6. The molecule has 0 aromatic rings. The van der Waals surface area contributed by atoms with E-state index in [1.54, 1.807) is 0 Å². The Bertz CT molecular complexity index is 655. The van der Waals surface area contributed by atoms with Crippen LogP contribution in [-0.2, 0) is 23.6 Å². The topological polar surface area (TPSA) is 298 Å². The van der Waals surface area contributed by atoms with Gasteiger partial charge in [-0.2, -0.15) is 0 Å². The van der Waals surface area contributed by atoms with Crippen molar-refractivity contribution in [1.82, 2.24) is 0 Å². The van der Waals surface area contributed by atoms with Crippen molar-refractivity contribution in [3.8, 4) is 0 Å². The summed E-state index contributed by atoms with van der Waals surface area (Å²) in [5.74, 6) is -6.50. The van der Waals surface area contributed by atoms with E-state index in [1.807, 2.05) is 0 Å². The predicted molar refractivity (Wildman–Crippen MR) is 85.3 cm³/mol. The van der Waals surface area contributed by atoms with Gasteiger partial charge in [-0.05, 0) is 0 Å². The van der Waals surface area contributed by atoms with Crippen molar-refractivity contribution < 1.29 is 79.2 Å². The van der Waals surface area contributed by atoms with Gasteiger partial charge in [0.05, 0.1) is 13.2 Å². The summed E-state index contributed by atoms with van der Waals surface area (Å²) in [5.41, 5.74) is 0. The van der Waals surface area contributed by atoms with Gasteiger partial charge < -0.3 is 65.0 Å². The van der Waals surface area contributed by atoms with Gasteiger partial charge in [-0.3, -0.25) is 0 Å². The largest absolute Gasteiger partial charge is 2.00 e. The fourth-order valence-electron chi connectivity index (χ4n) is 1.63. The van der Waals surface area contributed by atoms with Gasteiger partial charge in [0.1, 0.15) is 23.7 Å². The van der Waals surface area contributed by atoms with Crippen LogP contribution in [0.1, 0.15) is 0 Å². The van der Waals surface area contributed by atoms with E-state index in [1.165, 1.54) is 0 Å². The van der Waals surface area contributed by atoms with Gasteiger partial charge in [-0.1, -0.05) is 0 Å². The molecule has 18 heteroatoms. The van der Waals surface area contributed by atoms with Crippen LogP contribution in [0.5, 0.6) is 0 Å². The van der Waals surface area contributed by atoms with Gasteiger partial charge in [-0.25, -0.2) is 14.2 Å². The number of aliphatic hydroxyl groups is 6. The van der Waals surface area contributed by atoms with E-state index in [2.05, 4.69) is 9.47 Å². The zero-order valence-electron chi connectivity index (χ0n) is 14.8. The van der Waals surface area contributed by atoms with Crippen LogP contribution in [-0.4, -0.2) is 118 Å². The number of rotatable bonds is 4. The van der Waals surface area contributed by atoms with E-state index in [4.69, 9.17) is 49.9 Å². The Labute approximate surface area is 182 Å². The summed E-state index contributed by atoms with van der Waals surface area (Å²) in [6.45, 7) is -1.40. The van der Waals surface area contributed by atoms with Crippen LogP contribution in [0.25, 0.3) is 0 Å². The minimum absolute atomic E-state index is 0. The number of carbonyl (C=O) groups excluding carboxylic acids is 2. The Balaban J connectivity index is 0. The number of hydrogen-bond donors (Lipinski definition) is 9. The van der Waals surface area contributed by atoms with Crippen LogP contribution in [0.2, 0.25) is 0 Å². The molecule has 0 unspecified atom stereocenters. The van der Waals surface area contributed by atoms with Gasteiger partial charge in [0, 0.05) is 11.5 Å². The Kier molecular flexibility index (Phi) is 13.1. The van der Waals surface area contributed by atoms with Gasteiger partial charge in [0.2, 0.25) is 0 Å². The first-order chi connectivity index (χ1) is 13.1. The zero-order chi connectivity index (χ0) is 23.1. The molecule has 2 aliphatic rings. The second kappa shape index (κ2) is 12.9. The van der Waals surface area contributed by atoms with Crippen molar-refractivity contribution in [2.75, 3.05) is 13.2 Å². The number of esters is 2. The molecule has 4 atom stereocenters. The van der Waals surface area contributed by atoms with Gasteiger partial charge in [-0.15, -0.1) is 0 Å². The third-order valence-electron chi connectivity index (χ3n) is 2.92. The molecule has 0 amide bonds. The fourth-order valence-corrected chi connectivity index (χ4v) is 1.63. The van der Waals surface area contributed by atoms with Crippen molar-refractivity contribution in [3.05, 3.63) is 23.0 Å². The summed E-state index contributed by atoms with van der Waals surface area (Å²) < 4.78 is 17.4. The molecule has 30 heavy (non-hydrogen) atoms. The van der Waals surface area contributed by atoms with E-state index in [0.29, 0.717) is 0 Å². The Morgan fingerprint density at radius 1 is 0.833 bits per heavy atom. The van der Waals surface area contributed by atoms with Crippen molar-refractivity contribution in [1.29, 1.82) is 0 Å². The molecule has 0 aromatic heterocycles. The normalized spacial score (nSPS) is 22.6. The third-order valence-corrected chi connectivity index (χ3v) is 2.92. The molecule has 168 valence electrons. The van der Waals surface area contributed by atoms with Crippen molar-refractivity contribution in [2.45, 2.75) is 24.4 Å². The van der Waals surface area contributed by atoms with Gasteiger partial charge >= 0.3 is 42.8 Å². The first-order valence-corrected chi connectivity index (χ1v) is 8.70. The minimum Gasteiger partial charge on any atom is -0.865 e. The Hall–Kier alpha value is -1.66. The van der Waals surface area contributed by atoms with Crippen LogP contribution >= 0.6 is 7.82 Å². The van der Waals surface area contributed by atoms with E-state index in [9.17, 15) is 19.8 Å². The molecule has 0 saturated heterocycles. The number of ether oxygens (including phenoxy) is 2. The second-order valence-electron chi connectivity index (χ2n) is 5.09. The molecule has 0 aromatic carbocycles. The molecule has 0 radical (unpaired) electrons. The van der Waals surface area contributed by atoms with Crippen LogP contribution in [0.3, 0.4) is 0 Å². The average molecular weight is 473 g/mol. The molecule has 16 nitrogen and oxygen atoms in total. The maximum absolute atomic E-state index is 10.6. The molecule has 0 bridgehead atoms. The second-order valence-corrected chi connectivity index (χ2v) is 6.12. The van der Waals surface area contributed by atoms with E-state index < -0.39 is 80.4 Å². The summed E-state index contributed by atoms with van der Waals surface area (Å²) in [7, 11) is -4.64. The van der Waals surface area contributed by atoms with Crippen LogP contribution < -0.4 is 10.2 Å². The summed E-state index contributed by atoms with van der Waals surface area (Å²) >= 11 is 0. The minimum atomic E-state index is -4.64. The molecular weight excluding hydrogens is 455 g/mol. The first kappa shape index (κ1) is 30.5. The van der Waals surface area contributed by atoms with Crippen LogP contribution in [0, 0.1) is 0 Å². The van der Waals surface area contributed by atoms with Crippen molar-refractivity contribution in [2.24, 2.45) is 0 Å². The maximum Gasteiger partial charge on any atom is 2.00 e. The summed E-state index contributed by atoms with van der Waals surface area (Å²) in [6.07, 6.45) is -5.76. The molecule has 2 heterocycles. The van der Waals surface area contributed by atoms with Gasteiger partial charge in [0.25, 0.3) is 0 Å². The van der Waals surface area contributed by atoms with Crippen LogP contribution in [0.15, 0.2) is 23.0 Å². The molecular formula is C12H17MgO16P. The van der Waals surface area contributed by atoms with Crippen LogP contribution in [0.4, 0.5) is 0 Å². The fraction of sp³-hybridized carbons (Fsp3) is 0.500. The third kappa shape index (κ3) is 9.43. The monoisotopic (exact) mass is 472 g/mol. The molecule has 9 N–H and O–H groups in total. The smallest absolute Gasteiger partial charge is 0.865 e.